The van der Waals surface area contributed by atoms with Gasteiger partial charge in [-0.2, -0.15) is 0 Å². The number of para-hydroxylation sites is 1. The van der Waals surface area contributed by atoms with Crippen LogP contribution in [0.5, 0.6) is 0 Å². The number of nitrogens with zero attached hydrogens (tertiary/aromatic N) is 2. The lowest BCUT2D eigenvalue weighted by Gasteiger charge is -2.36. The van der Waals surface area contributed by atoms with Crippen molar-refractivity contribution >= 4 is 5.69 Å². The van der Waals surface area contributed by atoms with Crippen molar-refractivity contribution in [2.24, 2.45) is 0 Å². The number of unbranched alkanes of at least 4 members (excludes halogenated alkanes) is 1. The Balaban J connectivity index is 1.74. The van der Waals surface area contributed by atoms with Gasteiger partial charge in [0.25, 0.3) is 0 Å². The summed E-state index contributed by atoms with van der Waals surface area (Å²) < 4.78 is 7.14. The first-order chi connectivity index (χ1) is 8.40. The maximum absolute atomic E-state index is 7.14. The van der Waals surface area contributed by atoms with Gasteiger partial charge in [0.05, 0.1) is 0 Å². The number of anilines is 1. The van der Waals surface area contributed by atoms with Crippen LogP contribution in [-0.2, 0) is 0 Å². The molecule has 1 aliphatic heterocycles. The lowest BCUT2D eigenvalue weighted by molar-refractivity contribution is 0.254. The lowest BCUT2D eigenvalue weighted by Crippen LogP contribution is -2.46. The minimum Gasteiger partial charge on any atom is -0.369 e. The van der Waals surface area contributed by atoms with Crippen LogP contribution in [0.25, 0.3) is 0 Å². The second kappa shape index (κ2) is 5.90. The van der Waals surface area contributed by atoms with Crippen LogP contribution in [0.1, 0.15) is 21.1 Å². The van der Waals surface area contributed by atoms with E-state index >= 15 is 0 Å². The minimum atomic E-state index is 0.573. The Morgan fingerprint density at radius 1 is 1.12 bits per heavy atom. The van der Waals surface area contributed by atoms with Crippen molar-refractivity contribution < 1.29 is 1.37 Å². The van der Waals surface area contributed by atoms with Crippen LogP contribution in [0.2, 0.25) is 0 Å². The molecule has 1 aliphatic rings. The third-order valence-electron chi connectivity index (χ3n) is 3.22. The first kappa shape index (κ1) is 10.2. The highest BCUT2D eigenvalue weighted by Crippen LogP contribution is 2.15. The smallest absolute Gasteiger partial charge is 0.0367 e. The average Bonchev–Trinajstić information content (AvgIpc) is 2.41. The van der Waals surface area contributed by atoms with E-state index in [0.29, 0.717) is 6.90 Å². The quantitative estimate of drug-likeness (QED) is 0.718. The van der Waals surface area contributed by atoms with Crippen molar-refractivity contribution in [1.82, 2.24) is 4.90 Å². The third kappa shape index (κ3) is 2.99. The zero-order chi connectivity index (χ0) is 11.9. The highest BCUT2D eigenvalue weighted by molar-refractivity contribution is 5.46. The Hall–Kier alpha value is -1.02. The molecule has 0 N–H and O–H groups in total. The van der Waals surface area contributed by atoms with Crippen molar-refractivity contribution in [2.45, 2.75) is 19.7 Å². The van der Waals surface area contributed by atoms with Crippen molar-refractivity contribution in [2.75, 3.05) is 37.6 Å². The van der Waals surface area contributed by atoms with E-state index in [1.54, 1.807) is 0 Å². The molecule has 1 saturated heterocycles. The Kier molecular flexibility index (Phi) is 3.74. The van der Waals surface area contributed by atoms with E-state index in [-0.39, 0.29) is 0 Å². The van der Waals surface area contributed by atoms with E-state index in [1.807, 2.05) is 0 Å². The Labute approximate surface area is 100 Å². The van der Waals surface area contributed by atoms with Gasteiger partial charge in [-0.25, -0.2) is 0 Å². The summed E-state index contributed by atoms with van der Waals surface area (Å²) in [5.41, 5.74) is 1.35. The molecule has 16 heavy (non-hydrogen) atoms. The van der Waals surface area contributed by atoms with Crippen LogP contribution in [0.3, 0.4) is 0 Å². The molecule has 2 heteroatoms. The summed E-state index contributed by atoms with van der Waals surface area (Å²) in [5.74, 6) is 0. The van der Waals surface area contributed by atoms with Gasteiger partial charge in [0.1, 0.15) is 0 Å². The molecule has 2 rings (SSSR count). The molecule has 0 spiro atoms. The molecule has 2 nitrogen and oxygen atoms in total. The summed E-state index contributed by atoms with van der Waals surface area (Å²) in [6.07, 6.45) is 2.22. The molecule has 0 amide bonds. The number of rotatable bonds is 4. The molecule has 0 bridgehead atoms. The molecular formula is C14H22N2. The SMILES string of the molecule is [2H]CCCCN1CCN(c2ccccc2)CC1. The van der Waals surface area contributed by atoms with Crippen LogP contribution < -0.4 is 4.90 Å². The molecule has 0 saturated carbocycles. The summed E-state index contributed by atoms with van der Waals surface area (Å²) in [6.45, 7) is 6.32. The van der Waals surface area contributed by atoms with E-state index in [2.05, 4.69) is 40.1 Å². The summed E-state index contributed by atoms with van der Waals surface area (Å²) >= 11 is 0. The first-order valence-electron chi connectivity index (χ1n) is 6.92. The van der Waals surface area contributed by atoms with Crippen molar-refractivity contribution in [1.29, 1.82) is 0 Å². The fraction of sp³-hybridized carbons (Fsp3) is 0.571. The van der Waals surface area contributed by atoms with Gasteiger partial charge >= 0.3 is 0 Å². The van der Waals surface area contributed by atoms with Gasteiger partial charge in [0, 0.05) is 33.2 Å². The minimum absolute atomic E-state index is 0.573. The monoisotopic (exact) mass is 219 g/mol. The molecule has 0 atom stereocenters. The van der Waals surface area contributed by atoms with E-state index in [4.69, 9.17) is 1.37 Å². The number of benzene rings is 1. The first-order valence-corrected chi connectivity index (χ1v) is 6.22. The van der Waals surface area contributed by atoms with Crippen molar-refractivity contribution in [3.63, 3.8) is 0 Å². The third-order valence-corrected chi connectivity index (χ3v) is 3.22. The predicted molar refractivity (Wildman–Crippen MR) is 70.0 cm³/mol. The van der Waals surface area contributed by atoms with Crippen LogP contribution in [0.15, 0.2) is 30.3 Å². The van der Waals surface area contributed by atoms with Crippen LogP contribution >= 0.6 is 0 Å². The van der Waals surface area contributed by atoms with Crippen LogP contribution in [0, 0.1) is 0 Å². The van der Waals surface area contributed by atoms with E-state index in [9.17, 15) is 0 Å². The zero-order valence-electron chi connectivity index (χ0n) is 10.9. The summed E-state index contributed by atoms with van der Waals surface area (Å²) in [6, 6.07) is 10.7. The molecular weight excluding hydrogens is 196 g/mol. The number of hydrogen-bond acceptors (Lipinski definition) is 2. The Morgan fingerprint density at radius 3 is 2.56 bits per heavy atom. The molecule has 88 valence electrons. The number of piperazine rings is 1. The van der Waals surface area contributed by atoms with Gasteiger partial charge in [0.15, 0.2) is 0 Å². The van der Waals surface area contributed by atoms with Gasteiger partial charge < -0.3 is 4.90 Å². The zero-order valence-corrected chi connectivity index (χ0v) is 9.94. The van der Waals surface area contributed by atoms with Gasteiger partial charge in [-0.15, -0.1) is 0 Å². The average molecular weight is 219 g/mol. The normalized spacial score (nSPS) is 18.5. The summed E-state index contributed by atoms with van der Waals surface area (Å²) in [7, 11) is 0. The van der Waals surface area contributed by atoms with E-state index in [1.165, 1.54) is 18.7 Å². The molecule has 1 aromatic rings. The van der Waals surface area contributed by atoms with Gasteiger partial charge in [-0.1, -0.05) is 31.5 Å². The summed E-state index contributed by atoms with van der Waals surface area (Å²) in [5, 5.41) is 0. The molecule has 0 aliphatic carbocycles. The highest BCUT2D eigenvalue weighted by atomic mass is 15.3. The molecule has 1 heterocycles. The van der Waals surface area contributed by atoms with Gasteiger partial charge in [-0.3, -0.25) is 4.90 Å². The second-order valence-corrected chi connectivity index (χ2v) is 4.37. The maximum Gasteiger partial charge on any atom is 0.0367 e. The second-order valence-electron chi connectivity index (χ2n) is 4.37. The Bertz CT molecular complexity index is 307. The summed E-state index contributed by atoms with van der Waals surface area (Å²) in [4.78, 5) is 4.98. The standard InChI is InChI=1S/C14H22N2/c1-2-3-9-15-10-12-16(13-11-15)14-7-5-4-6-8-14/h4-8H,2-3,9-13H2,1H3/i1D. The molecule has 0 unspecified atom stereocenters. The molecule has 0 aromatic heterocycles. The number of hydrogen-bond donors (Lipinski definition) is 0. The predicted octanol–water partition coefficient (Wildman–Crippen LogP) is 2.61. The largest absolute Gasteiger partial charge is 0.369 e. The van der Waals surface area contributed by atoms with Crippen molar-refractivity contribution in [3.05, 3.63) is 30.3 Å². The van der Waals surface area contributed by atoms with E-state index < -0.39 is 0 Å². The van der Waals surface area contributed by atoms with Crippen molar-refractivity contribution in [3.8, 4) is 0 Å². The molecule has 1 aromatic carbocycles. The Morgan fingerprint density at radius 2 is 1.88 bits per heavy atom. The maximum atomic E-state index is 7.14. The fourth-order valence-electron chi connectivity index (χ4n) is 2.20. The van der Waals surface area contributed by atoms with Gasteiger partial charge in [0.2, 0.25) is 0 Å². The van der Waals surface area contributed by atoms with Gasteiger partial charge in [-0.05, 0) is 25.1 Å². The fourth-order valence-corrected chi connectivity index (χ4v) is 2.20. The highest BCUT2D eigenvalue weighted by Gasteiger charge is 2.15. The van der Waals surface area contributed by atoms with Crippen LogP contribution in [-0.4, -0.2) is 37.6 Å². The molecule has 0 radical (unpaired) electrons. The topological polar surface area (TPSA) is 6.48 Å². The van der Waals surface area contributed by atoms with Crippen LogP contribution in [0.4, 0.5) is 5.69 Å². The lowest BCUT2D eigenvalue weighted by atomic mass is 10.2. The molecule has 1 fully saturated rings. The van der Waals surface area contributed by atoms with E-state index in [0.717, 1.165) is 32.6 Å².